The van der Waals surface area contributed by atoms with Crippen molar-refractivity contribution in [3.05, 3.63) is 53.9 Å². The Morgan fingerprint density at radius 3 is 2.96 bits per heavy atom. The largest absolute Gasteiger partial charge is 0.494 e. The van der Waals surface area contributed by atoms with Crippen LogP contribution in [-0.2, 0) is 13.6 Å². The lowest BCUT2D eigenvalue weighted by Crippen LogP contribution is -2.34. The Balaban J connectivity index is 1.55. The molecule has 0 spiro atoms. The van der Waals surface area contributed by atoms with E-state index < -0.39 is 0 Å². The van der Waals surface area contributed by atoms with Gasteiger partial charge >= 0.3 is 0 Å². The quantitative estimate of drug-likeness (QED) is 0.703. The smallest absolute Gasteiger partial charge is 0.157 e. The number of piperidine rings is 1. The van der Waals surface area contributed by atoms with Crippen LogP contribution in [0.2, 0.25) is 0 Å². The lowest BCUT2D eigenvalue weighted by Gasteiger charge is -2.32. The minimum absolute atomic E-state index is 0.455. The maximum absolute atomic E-state index is 5.80. The van der Waals surface area contributed by atoms with Crippen molar-refractivity contribution in [1.29, 1.82) is 0 Å². The van der Waals surface area contributed by atoms with Crippen molar-refractivity contribution in [3.8, 4) is 5.75 Å². The molecule has 1 aliphatic rings. The highest BCUT2D eigenvalue weighted by atomic mass is 16.5. The summed E-state index contributed by atoms with van der Waals surface area (Å²) in [7, 11) is 1.98. The van der Waals surface area contributed by atoms with Crippen molar-refractivity contribution in [2.24, 2.45) is 7.05 Å². The molecule has 3 aromatic rings. The molecule has 1 aromatic carbocycles. The van der Waals surface area contributed by atoms with E-state index in [1.807, 2.05) is 37.0 Å². The molecule has 0 N–H and O–H groups in total. The molecule has 1 atom stereocenters. The number of benzene rings is 1. The molecule has 2 aromatic heterocycles. The molecular weight excluding hydrogens is 324 g/mol. The molecule has 26 heavy (non-hydrogen) atoms. The normalized spacial score (nSPS) is 18.3. The minimum Gasteiger partial charge on any atom is -0.494 e. The summed E-state index contributed by atoms with van der Waals surface area (Å²) in [5.41, 5.74) is 3.43. The molecule has 0 unspecified atom stereocenters. The number of rotatable bonds is 5. The van der Waals surface area contributed by atoms with Crippen LogP contribution in [0.5, 0.6) is 5.75 Å². The van der Waals surface area contributed by atoms with Gasteiger partial charge in [0.15, 0.2) is 5.65 Å². The summed E-state index contributed by atoms with van der Waals surface area (Å²) in [5, 5.41) is 6.00. The van der Waals surface area contributed by atoms with E-state index in [0.717, 1.165) is 31.0 Å². The topological polar surface area (TPSA) is 43.2 Å². The highest BCUT2D eigenvalue weighted by Crippen LogP contribution is 2.32. The molecule has 136 valence electrons. The van der Waals surface area contributed by atoms with Gasteiger partial charge in [0.25, 0.3) is 0 Å². The molecule has 1 aliphatic heterocycles. The molecule has 5 nitrogen and oxygen atoms in total. The van der Waals surface area contributed by atoms with E-state index in [2.05, 4.69) is 34.1 Å². The Kier molecular flexibility index (Phi) is 4.89. The summed E-state index contributed by atoms with van der Waals surface area (Å²) in [5.74, 6) is 1.46. The second-order valence-electron chi connectivity index (χ2n) is 7.00. The number of hydrogen-bond acceptors (Lipinski definition) is 4. The second kappa shape index (κ2) is 7.46. The summed E-state index contributed by atoms with van der Waals surface area (Å²) in [4.78, 5) is 7.02. The van der Waals surface area contributed by atoms with Crippen molar-refractivity contribution in [2.75, 3.05) is 19.7 Å². The van der Waals surface area contributed by atoms with Gasteiger partial charge in [0.1, 0.15) is 5.75 Å². The van der Waals surface area contributed by atoms with Gasteiger partial charge in [-0.15, -0.1) is 0 Å². The summed E-state index contributed by atoms with van der Waals surface area (Å²) in [6.45, 7) is 5.82. The molecule has 3 heterocycles. The first-order chi connectivity index (χ1) is 12.8. The van der Waals surface area contributed by atoms with E-state index in [9.17, 15) is 0 Å². The van der Waals surface area contributed by atoms with Crippen molar-refractivity contribution >= 4 is 11.0 Å². The van der Waals surface area contributed by atoms with Crippen LogP contribution in [0.4, 0.5) is 0 Å². The van der Waals surface area contributed by atoms with Gasteiger partial charge in [0, 0.05) is 43.2 Å². The average Bonchev–Trinajstić information content (AvgIpc) is 3.01. The highest BCUT2D eigenvalue weighted by Gasteiger charge is 2.26. The van der Waals surface area contributed by atoms with Crippen molar-refractivity contribution in [1.82, 2.24) is 19.7 Å². The first kappa shape index (κ1) is 17.0. The molecule has 0 aliphatic carbocycles. The maximum atomic E-state index is 5.80. The van der Waals surface area contributed by atoms with E-state index in [1.165, 1.54) is 29.5 Å². The zero-order chi connectivity index (χ0) is 17.9. The third-order valence-corrected chi connectivity index (χ3v) is 5.19. The molecule has 1 saturated heterocycles. The zero-order valence-electron chi connectivity index (χ0n) is 15.6. The fourth-order valence-electron chi connectivity index (χ4n) is 4.01. The Hall–Kier alpha value is -2.40. The molecule has 1 fully saturated rings. The lowest BCUT2D eigenvalue weighted by molar-refractivity contribution is 0.195. The fraction of sp³-hybridized carbons (Fsp3) is 0.429. The lowest BCUT2D eigenvalue weighted by atomic mass is 9.93. The molecule has 5 heteroatoms. The van der Waals surface area contributed by atoms with Crippen molar-refractivity contribution in [3.63, 3.8) is 0 Å². The zero-order valence-corrected chi connectivity index (χ0v) is 15.6. The van der Waals surface area contributed by atoms with E-state index >= 15 is 0 Å². The first-order valence-electron chi connectivity index (χ1n) is 9.47. The van der Waals surface area contributed by atoms with Gasteiger partial charge in [-0.25, -0.2) is 4.98 Å². The van der Waals surface area contributed by atoms with Gasteiger partial charge in [-0.1, -0.05) is 18.2 Å². The minimum atomic E-state index is 0.455. The Morgan fingerprint density at radius 1 is 1.19 bits per heavy atom. The van der Waals surface area contributed by atoms with Gasteiger partial charge in [-0.05, 0) is 44.5 Å². The SMILES string of the molecule is CCOc1ccccc1CN1CCC[C@H](c2nn(C)c3ncccc23)C1. The molecule has 0 amide bonds. The number of aryl methyl sites for hydroxylation is 1. The molecular formula is C21H26N4O. The highest BCUT2D eigenvalue weighted by molar-refractivity contribution is 5.78. The monoisotopic (exact) mass is 350 g/mol. The predicted octanol–water partition coefficient (Wildman–Crippen LogP) is 3.75. The molecule has 0 bridgehead atoms. The van der Waals surface area contributed by atoms with Gasteiger partial charge in [0.2, 0.25) is 0 Å². The number of ether oxygens (including phenoxy) is 1. The van der Waals surface area contributed by atoms with Gasteiger partial charge < -0.3 is 4.74 Å². The van der Waals surface area contributed by atoms with E-state index in [1.54, 1.807) is 0 Å². The van der Waals surface area contributed by atoms with Crippen molar-refractivity contribution in [2.45, 2.75) is 32.2 Å². The summed E-state index contributed by atoms with van der Waals surface area (Å²) >= 11 is 0. The van der Waals surface area contributed by atoms with Crippen LogP contribution >= 0.6 is 0 Å². The summed E-state index contributed by atoms with van der Waals surface area (Å²) in [6, 6.07) is 12.5. The van der Waals surface area contributed by atoms with Crippen LogP contribution in [0, 0.1) is 0 Å². The van der Waals surface area contributed by atoms with Crippen LogP contribution in [0.15, 0.2) is 42.6 Å². The number of hydrogen-bond donors (Lipinski definition) is 0. The average molecular weight is 350 g/mol. The molecule has 0 radical (unpaired) electrons. The number of pyridine rings is 1. The molecule has 4 rings (SSSR count). The Morgan fingerprint density at radius 2 is 2.08 bits per heavy atom. The van der Waals surface area contributed by atoms with Crippen LogP contribution in [-0.4, -0.2) is 39.4 Å². The van der Waals surface area contributed by atoms with Gasteiger partial charge in [-0.3, -0.25) is 9.58 Å². The predicted molar refractivity (Wildman–Crippen MR) is 103 cm³/mol. The number of aromatic nitrogens is 3. The number of fused-ring (bicyclic) bond motifs is 1. The van der Waals surface area contributed by atoms with Crippen molar-refractivity contribution < 1.29 is 4.74 Å². The van der Waals surface area contributed by atoms with Crippen LogP contribution in [0.25, 0.3) is 11.0 Å². The maximum Gasteiger partial charge on any atom is 0.157 e. The summed E-state index contributed by atoms with van der Waals surface area (Å²) < 4.78 is 7.71. The number of para-hydroxylation sites is 1. The Bertz CT molecular complexity index is 889. The first-order valence-corrected chi connectivity index (χ1v) is 9.47. The third kappa shape index (κ3) is 3.31. The number of likely N-dealkylation sites (tertiary alicyclic amines) is 1. The van der Waals surface area contributed by atoms with Crippen LogP contribution in [0.1, 0.15) is 36.9 Å². The second-order valence-corrected chi connectivity index (χ2v) is 7.00. The Labute approximate surface area is 154 Å². The summed E-state index contributed by atoms with van der Waals surface area (Å²) in [6.07, 6.45) is 4.22. The van der Waals surface area contributed by atoms with E-state index in [4.69, 9.17) is 9.84 Å². The van der Waals surface area contributed by atoms with Gasteiger partial charge in [0.05, 0.1) is 12.3 Å². The van der Waals surface area contributed by atoms with E-state index in [-0.39, 0.29) is 0 Å². The van der Waals surface area contributed by atoms with Gasteiger partial charge in [-0.2, -0.15) is 5.10 Å². The van der Waals surface area contributed by atoms with E-state index in [0.29, 0.717) is 12.5 Å². The standard InChI is InChI=1S/C21H26N4O/c1-3-26-19-11-5-4-8-16(19)14-25-13-7-9-17(15-25)20-18-10-6-12-22-21(18)24(2)23-20/h4-6,8,10-12,17H,3,7,9,13-15H2,1-2H3/t17-/m0/s1. The molecule has 0 saturated carbocycles. The fourth-order valence-corrected chi connectivity index (χ4v) is 4.01. The van der Waals surface area contributed by atoms with Crippen LogP contribution < -0.4 is 4.74 Å². The third-order valence-electron chi connectivity index (χ3n) is 5.19. The number of nitrogens with zero attached hydrogens (tertiary/aromatic N) is 4. The van der Waals surface area contributed by atoms with Crippen LogP contribution in [0.3, 0.4) is 0 Å².